The normalized spacial score (nSPS) is 10.5. The lowest BCUT2D eigenvalue weighted by molar-refractivity contribution is 0.0652. The van der Waals surface area contributed by atoms with Crippen molar-refractivity contribution in [1.82, 2.24) is 10.1 Å². The Morgan fingerprint density at radius 3 is 2.63 bits per heavy atom. The molecule has 1 N–H and O–H groups in total. The Morgan fingerprint density at radius 2 is 2.00 bits per heavy atom. The van der Waals surface area contributed by atoms with Crippen molar-refractivity contribution in [2.24, 2.45) is 0 Å². The van der Waals surface area contributed by atoms with Gasteiger partial charge in [0.2, 0.25) is 11.7 Å². The van der Waals surface area contributed by atoms with Crippen LogP contribution < -0.4 is 0 Å². The molecule has 1 aromatic carbocycles. The van der Waals surface area contributed by atoms with E-state index in [0.29, 0.717) is 17.1 Å². The van der Waals surface area contributed by atoms with Crippen LogP contribution in [0.5, 0.6) is 0 Å². The van der Waals surface area contributed by atoms with Gasteiger partial charge >= 0.3 is 5.97 Å². The van der Waals surface area contributed by atoms with Gasteiger partial charge in [-0.3, -0.25) is 0 Å². The van der Waals surface area contributed by atoms with Crippen LogP contribution in [0, 0.1) is 0 Å². The number of carboxylic acid groups (broad SMARTS) is 1. The largest absolute Gasteiger partial charge is 0.475 e. The van der Waals surface area contributed by atoms with Gasteiger partial charge in [-0.15, -0.1) is 0 Å². The molecule has 0 saturated heterocycles. The van der Waals surface area contributed by atoms with Crippen molar-refractivity contribution in [3.63, 3.8) is 0 Å². The Balaban J connectivity index is 2.12. The number of rotatable bonds is 3. The Hall–Kier alpha value is -2.89. The van der Waals surface area contributed by atoms with Gasteiger partial charge in [0.15, 0.2) is 0 Å². The maximum Gasteiger partial charge on any atom is 0.374 e. The maximum atomic E-state index is 10.8. The van der Waals surface area contributed by atoms with Crippen molar-refractivity contribution < 1.29 is 18.8 Å². The fraction of sp³-hybridized carbons (Fsp3) is 0. The summed E-state index contributed by atoms with van der Waals surface area (Å²) in [5, 5.41) is 12.6. The van der Waals surface area contributed by atoms with E-state index in [9.17, 15) is 4.79 Å². The number of aromatic nitrogens is 2. The lowest BCUT2D eigenvalue weighted by atomic mass is 10.0. The average Bonchev–Trinajstić information content (AvgIpc) is 3.10. The minimum Gasteiger partial charge on any atom is -0.475 e. The summed E-state index contributed by atoms with van der Waals surface area (Å²) < 4.78 is 10.0. The van der Waals surface area contributed by atoms with Gasteiger partial charge in [0, 0.05) is 17.2 Å². The molecule has 3 aromatic rings. The molecule has 0 aliphatic carbocycles. The second-order valence-electron chi connectivity index (χ2n) is 3.76. The summed E-state index contributed by atoms with van der Waals surface area (Å²) >= 11 is 0. The molecule has 2 aromatic heterocycles. The van der Waals surface area contributed by atoms with Gasteiger partial charge in [0.05, 0.1) is 6.20 Å². The maximum absolute atomic E-state index is 10.8. The first-order chi connectivity index (χ1) is 9.25. The van der Waals surface area contributed by atoms with Crippen molar-refractivity contribution in [3.05, 3.63) is 48.6 Å². The quantitative estimate of drug-likeness (QED) is 0.774. The number of oxazole rings is 1. The number of hydrogen-bond donors (Lipinski definition) is 1. The minimum atomic E-state index is -1.16. The highest BCUT2D eigenvalue weighted by molar-refractivity contribution is 5.87. The third kappa shape index (κ3) is 1.99. The molecule has 0 aliphatic rings. The lowest BCUT2D eigenvalue weighted by Gasteiger charge is -2.01. The van der Waals surface area contributed by atoms with Crippen LogP contribution >= 0.6 is 0 Å². The molecule has 0 bridgehead atoms. The first kappa shape index (κ1) is 11.2. The Labute approximate surface area is 107 Å². The van der Waals surface area contributed by atoms with E-state index in [1.807, 2.05) is 18.2 Å². The average molecular weight is 256 g/mol. The Bertz CT molecular complexity index is 716. The van der Waals surface area contributed by atoms with Gasteiger partial charge in [-0.25, -0.2) is 9.78 Å². The van der Waals surface area contributed by atoms with Crippen LogP contribution in [0.4, 0.5) is 0 Å². The second kappa shape index (κ2) is 4.41. The van der Waals surface area contributed by atoms with Crippen molar-refractivity contribution >= 4 is 5.97 Å². The predicted octanol–water partition coefficient (Wildman–Crippen LogP) is 2.69. The molecule has 6 nitrogen and oxygen atoms in total. The molecule has 0 saturated carbocycles. The van der Waals surface area contributed by atoms with Crippen molar-refractivity contribution in [2.75, 3.05) is 0 Å². The van der Waals surface area contributed by atoms with E-state index in [0.717, 1.165) is 5.56 Å². The number of carbonyl (C=O) groups is 1. The molecular formula is C13H8N2O4. The topological polar surface area (TPSA) is 89.4 Å². The van der Waals surface area contributed by atoms with E-state index in [1.165, 1.54) is 18.5 Å². The molecule has 0 unspecified atom stereocenters. The molecule has 0 atom stereocenters. The molecular weight excluding hydrogens is 248 g/mol. The summed E-state index contributed by atoms with van der Waals surface area (Å²) in [6.45, 7) is 0. The zero-order valence-corrected chi connectivity index (χ0v) is 9.61. The highest BCUT2D eigenvalue weighted by Gasteiger charge is 2.16. The van der Waals surface area contributed by atoms with Gasteiger partial charge in [0.25, 0.3) is 0 Å². The van der Waals surface area contributed by atoms with Crippen LogP contribution in [0.15, 0.2) is 51.7 Å². The summed E-state index contributed by atoms with van der Waals surface area (Å²) in [5.74, 6) is -0.931. The molecule has 2 heterocycles. The van der Waals surface area contributed by atoms with Gasteiger partial charge in [-0.05, 0) is 6.07 Å². The molecule has 19 heavy (non-hydrogen) atoms. The fourth-order valence-electron chi connectivity index (χ4n) is 1.75. The first-order valence-electron chi connectivity index (χ1n) is 5.45. The third-order valence-electron chi connectivity index (χ3n) is 2.59. The van der Waals surface area contributed by atoms with E-state index in [2.05, 4.69) is 10.1 Å². The summed E-state index contributed by atoms with van der Waals surface area (Å²) in [7, 11) is 0. The van der Waals surface area contributed by atoms with Crippen LogP contribution in [0.2, 0.25) is 0 Å². The first-order valence-corrected chi connectivity index (χ1v) is 5.45. The Kier molecular flexibility index (Phi) is 2.60. The van der Waals surface area contributed by atoms with Gasteiger partial charge < -0.3 is 14.0 Å². The second-order valence-corrected chi connectivity index (χ2v) is 3.76. The molecule has 94 valence electrons. The fourth-order valence-corrected chi connectivity index (χ4v) is 1.75. The molecule has 3 rings (SSSR count). The molecule has 0 amide bonds. The summed E-state index contributed by atoms with van der Waals surface area (Å²) in [5.41, 5.74) is 1.84. The summed E-state index contributed by atoms with van der Waals surface area (Å²) in [6.07, 6.45) is 3.01. The Morgan fingerprint density at radius 1 is 1.21 bits per heavy atom. The van der Waals surface area contributed by atoms with Crippen LogP contribution in [-0.4, -0.2) is 21.2 Å². The molecule has 0 fully saturated rings. The minimum absolute atomic E-state index is 0.211. The van der Waals surface area contributed by atoms with E-state index < -0.39 is 5.97 Å². The smallest absolute Gasteiger partial charge is 0.374 e. The standard InChI is InChI=1S/C13H8N2O4/c16-13(17)11-7-10(15-19-11)8-3-1-2-4-9(8)12-14-5-6-18-12/h1-7H,(H,16,17). The van der Waals surface area contributed by atoms with Crippen molar-refractivity contribution in [2.45, 2.75) is 0 Å². The molecule has 0 radical (unpaired) electrons. The summed E-state index contributed by atoms with van der Waals surface area (Å²) in [4.78, 5) is 14.9. The predicted molar refractivity (Wildman–Crippen MR) is 64.4 cm³/mol. The van der Waals surface area contributed by atoms with Gasteiger partial charge in [-0.1, -0.05) is 23.4 Å². The number of aromatic carboxylic acids is 1. The van der Waals surface area contributed by atoms with Gasteiger partial charge in [0.1, 0.15) is 12.0 Å². The van der Waals surface area contributed by atoms with Crippen LogP contribution in [0.3, 0.4) is 0 Å². The SMILES string of the molecule is O=C(O)c1cc(-c2ccccc2-c2ncco2)no1. The summed E-state index contributed by atoms with van der Waals surface area (Å²) in [6, 6.07) is 8.63. The number of benzene rings is 1. The monoisotopic (exact) mass is 256 g/mol. The van der Waals surface area contributed by atoms with Crippen molar-refractivity contribution in [1.29, 1.82) is 0 Å². The van der Waals surface area contributed by atoms with Crippen LogP contribution in [0.25, 0.3) is 22.7 Å². The van der Waals surface area contributed by atoms with E-state index >= 15 is 0 Å². The lowest BCUT2D eigenvalue weighted by Crippen LogP contribution is -1.91. The number of nitrogens with zero attached hydrogens (tertiary/aromatic N) is 2. The molecule has 0 spiro atoms. The van der Waals surface area contributed by atoms with Gasteiger partial charge in [-0.2, -0.15) is 0 Å². The van der Waals surface area contributed by atoms with E-state index in [1.54, 1.807) is 6.07 Å². The van der Waals surface area contributed by atoms with Crippen molar-refractivity contribution in [3.8, 4) is 22.7 Å². The van der Waals surface area contributed by atoms with E-state index in [-0.39, 0.29) is 5.76 Å². The molecule has 6 heteroatoms. The van der Waals surface area contributed by atoms with Crippen LogP contribution in [0.1, 0.15) is 10.6 Å². The zero-order chi connectivity index (χ0) is 13.2. The van der Waals surface area contributed by atoms with Crippen LogP contribution in [-0.2, 0) is 0 Å². The number of carboxylic acids is 1. The number of hydrogen-bond acceptors (Lipinski definition) is 5. The van der Waals surface area contributed by atoms with E-state index in [4.69, 9.17) is 14.0 Å². The highest BCUT2D eigenvalue weighted by Crippen LogP contribution is 2.30. The highest BCUT2D eigenvalue weighted by atomic mass is 16.5. The third-order valence-corrected chi connectivity index (χ3v) is 2.59. The zero-order valence-electron chi connectivity index (χ0n) is 9.61. The molecule has 0 aliphatic heterocycles.